The van der Waals surface area contributed by atoms with Gasteiger partial charge >= 0.3 is 5.97 Å². The lowest BCUT2D eigenvalue weighted by Gasteiger charge is -2.25. The van der Waals surface area contributed by atoms with Crippen molar-refractivity contribution in [3.05, 3.63) is 99.6 Å². The lowest BCUT2D eigenvalue weighted by molar-refractivity contribution is -0.137. The Bertz CT molecular complexity index is 1280. The van der Waals surface area contributed by atoms with Gasteiger partial charge in [0.1, 0.15) is 11.4 Å². The Morgan fingerprint density at radius 3 is 2.27 bits per heavy atom. The minimum Gasteiger partial charge on any atom is -0.487 e. The third-order valence-corrected chi connectivity index (χ3v) is 7.05. The summed E-state index contributed by atoms with van der Waals surface area (Å²) in [7, 11) is 0. The van der Waals surface area contributed by atoms with E-state index in [1.165, 1.54) is 11.1 Å². The van der Waals surface area contributed by atoms with Gasteiger partial charge in [0, 0.05) is 36.5 Å². The van der Waals surface area contributed by atoms with E-state index in [9.17, 15) is 14.7 Å². The van der Waals surface area contributed by atoms with Crippen LogP contribution in [0.3, 0.4) is 0 Å². The summed E-state index contributed by atoms with van der Waals surface area (Å²) in [5, 5.41) is 9.82. The van der Waals surface area contributed by atoms with Crippen molar-refractivity contribution in [2.45, 2.75) is 64.5 Å². The van der Waals surface area contributed by atoms with Crippen LogP contribution in [0.25, 0.3) is 0 Å². The second-order valence-electron chi connectivity index (χ2n) is 11.2. The Morgan fingerprint density at radius 2 is 1.65 bits per heavy atom. The van der Waals surface area contributed by atoms with Crippen LogP contribution in [0.1, 0.15) is 66.7 Å². The first kappa shape index (κ1) is 26.7. The zero-order chi connectivity index (χ0) is 26.8. The number of carboxylic acids is 1. The van der Waals surface area contributed by atoms with Gasteiger partial charge in [-0.25, -0.2) is 0 Å². The van der Waals surface area contributed by atoms with Crippen LogP contribution in [0, 0.1) is 0 Å². The third kappa shape index (κ3) is 6.72. The van der Waals surface area contributed by atoms with E-state index >= 15 is 0 Å². The van der Waals surface area contributed by atoms with Crippen molar-refractivity contribution in [1.82, 2.24) is 4.90 Å². The molecule has 6 heteroatoms. The number of ether oxygens (including phenoxy) is 1. The highest BCUT2D eigenvalue weighted by molar-refractivity contribution is 6.30. The number of nitrogens with zero attached hydrogens (tertiary/aromatic N) is 1. The average molecular weight is 520 g/mol. The molecular formula is C31H34ClNO4. The van der Waals surface area contributed by atoms with Crippen LogP contribution in [0.4, 0.5) is 0 Å². The van der Waals surface area contributed by atoms with Crippen molar-refractivity contribution in [3.8, 4) is 5.75 Å². The molecule has 37 heavy (non-hydrogen) atoms. The Labute approximate surface area is 224 Å². The van der Waals surface area contributed by atoms with Crippen LogP contribution in [0.15, 0.2) is 66.7 Å². The maximum Gasteiger partial charge on any atom is 0.305 e. The Morgan fingerprint density at radius 1 is 1.00 bits per heavy atom. The number of carboxylic acid groups (broad SMARTS) is 1. The van der Waals surface area contributed by atoms with Crippen molar-refractivity contribution < 1.29 is 19.4 Å². The summed E-state index contributed by atoms with van der Waals surface area (Å²) in [6.45, 7) is 9.14. The molecule has 1 N–H and O–H groups in total. The first-order valence-electron chi connectivity index (χ1n) is 12.6. The van der Waals surface area contributed by atoms with Gasteiger partial charge in [0.05, 0.1) is 6.42 Å². The largest absolute Gasteiger partial charge is 0.487 e. The number of hydrogen-bond donors (Lipinski definition) is 1. The summed E-state index contributed by atoms with van der Waals surface area (Å²) in [5.74, 6) is -0.354. The molecule has 194 valence electrons. The van der Waals surface area contributed by atoms with Crippen LogP contribution in [0.2, 0.25) is 5.02 Å². The predicted octanol–water partition coefficient (Wildman–Crippen LogP) is 6.69. The molecule has 1 amide bonds. The standard InChI is InChI=1S/C31H34ClNO4/c1-30(2,3)25-10-5-21(6-11-25)18-31(4)19-24-17-23(9-14-27(24)37-31)29(36)33(16-15-28(34)35)20-22-7-12-26(32)13-8-22/h5-14,17H,15-16,18-20H2,1-4H3,(H,34,35)/t31-/m0/s1. The van der Waals surface area contributed by atoms with E-state index in [1.54, 1.807) is 23.1 Å². The van der Waals surface area contributed by atoms with Crippen molar-refractivity contribution in [2.24, 2.45) is 0 Å². The zero-order valence-electron chi connectivity index (χ0n) is 21.9. The highest BCUT2D eigenvalue weighted by atomic mass is 35.5. The SMILES string of the molecule is CC(C)(C)c1ccc(C[C@@]2(C)Cc3cc(C(=O)N(CCC(=O)O)Cc4ccc(Cl)cc4)ccc3O2)cc1. The molecule has 5 nitrogen and oxygen atoms in total. The van der Waals surface area contributed by atoms with Gasteiger partial charge in [0.25, 0.3) is 5.91 Å². The van der Waals surface area contributed by atoms with Crippen LogP contribution >= 0.6 is 11.6 Å². The van der Waals surface area contributed by atoms with E-state index in [2.05, 4.69) is 52.0 Å². The highest BCUT2D eigenvalue weighted by Gasteiger charge is 2.35. The first-order chi connectivity index (χ1) is 17.4. The topological polar surface area (TPSA) is 66.8 Å². The fourth-order valence-electron chi connectivity index (χ4n) is 4.78. The van der Waals surface area contributed by atoms with Crippen molar-refractivity contribution >= 4 is 23.5 Å². The number of carbonyl (C=O) groups excluding carboxylic acids is 1. The number of carbonyl (C=O) groups is 2. The zero-order valence-corrected chi connectivity index (χ0v) is 22.6. The smallest absolute Gasteiger partial charge is 0.305 e. The number of aliphatic carboxylic acids is 1. The molecular weight excluding hydrogens is 486 g/mol. The quantitative estimate of drug-likeness (QED) is 0.360. The van der Waals surface area contributed by atoms with Crippen LogP contribution < -0.4 is 4.74 Å². The van der Waals surface area contributed by atoms with Gasteiger partial charge in [-0.1, -0.05) is 68.8 Å². The Kier molecular flexibility index (Phi) is 7.65. The summed E-state index contributed by atoms with van der Waals surface area (Å²) in [4.78, 5) is 26.3. The first-order valence-corrected chi connectivity index (χ1v) is 13.0. The van der Waals surface area contributed by atoms with Gasteiger partial charge in [0.2, 0.25) is 0 Å². The summed E-state index contributed by atoms with van der Waals surface area (Å²) in [6.07, 6.45) is 1.33. The van der Waals surface area contributed by atoms with E-state index in [0.717, 1.165) is 23.3 Å². The number of hydrogen-bond acceptors (Lipinski definition) is 3. The molecule has 1 atom stereocenters. The molecule has 0 unspecified atom stereocenters. The monoisotopic (exact) mass is 519 g/mol. The van der Waals surface area contributed by atoms with E-state index in [4.69, 9.17) is 16.3 Å². The molecule has 1 aliphatic rings. The molecule has 3 aromatic carbocycles. The van der Waals surface area contributed by atoms with E-state index in [-0.39, 0.29) is 24.3 Å². The van der Waals surface area contributed by atoms with Gasteiger partial charge in [-0.15, -0.1) is 0 Å². The molecule has 0 bridgehead atoms. The van der Waals surface area contributed by atoms with Gasteiger partial charge in [0.15, 0.2) is 0 Å². The number of halogens is 1. The second kappa shape index (κ2) is 10.6. The molecule has 0 aliphatic carbocycles. The fraction of sp³-hybridized carbons (Fsp3) is 0.355. The minimum atomic E-state index is -0.942. The van der Waals surface area contributed by atoms with Crippen molar-refractivity contribution in [3.63, 3.8) is 0 Å². The number of benzene rings is 3. The van der Waals surface area contributed by atoms with E-state index in [1.807, 2.05) is 24.3 Å². The molecule has 0 radical (unpaired) electrons. The molecule has 0 aromatic heterocycles. The molecule has 3 aromatic rings. The predicted molar refractivity (Wildman–Crippen MR) is 146 cm³/mol. The summed E-state index contributed by atoms with van der Waals surface area (Å²) < 4.78 is 6.36. The molecule has 0 spiro atoms. The molecule has 1 heterocycles. The third-order valence-electron chi connectivity index (χ3n) is 6.80. The molecule has 4 rings (SSSR count). The fourth-order valence-corrected chi connectivity index (χ4v) is 4.91. The van der Waals surface area contributed by atoms with Crippen LogP contribution in [0.5, 0.6) is 5.75 Å². The normalized spacial score (nSPS) is 16.7. The Balaban J connectivity index is 1.49. The maximum atomic E-state index is 13.5. The number of amides is 1. The van der Waals surface area contributed by atoms with Gasteiger partial charge < -0.3 is 14.7 Å². The molecule has 0 fully saturated rings. The lowest BCUT2D eigenvalue weighted by atomic mass is 9.85. The van der Waals surface area contributed by atoms with Crippen LogP contribution in [-0.4, -0.2) is 34.0 Å². The van der Waals surface area contributed by atoms with Crippen LogP contribution in [-0.2, 0) is 29.6 Å². The summed E-state index contributed by atoms with van der Waals surface area (Å²) in [6, 6.07) is 21.4. The highest BCUT2D eigenvalue weighted by Crippen LogP contribution is 2.38. The summed E-state index contributed by atoms with van der Waals surface area (Å²) >= 11 is 5.99. The number of rotatable bonds is 8. The Hall–Kier alpha value is -3.31. The van der Waals surface area contributed by atoms with Crippen molar-refractivity contribution in [1.29, 1.82) is 0 Å². The van der Waals surface area contributed by atoms with E-state index in [0.29, 0.717) is 23.6 Å². The molecule has 1 aliphatic heterocycles. The van der Waals surface area contributed by atoms with Gasteiger partial charge in [-0.05, 0) is 64.9 Å². The minimum absolute atomic E-state index is 0.109. The number of fused-ring (bicyclic) bond motifs is 1. The second-order valence-corrected chi connectivity index (χ2v) is 11.6. The summed E-state index contributed by atoms with van der Waals surface area (Å²) in [5.41, 5.74) is 4.62. The lowest BCUT2D eigenvalue weighted by Crippen LogP contribution is -2.33. The van der Waals surface area contributed by atoms with E-state index < -0.39 is 11.6 Å². The van der Waals surface area contributed by atoms with Gasteiger partial charge in [-0.3, -0.25) is 9.59 Å². The van der Waals surface area contributed by atoms with Gasteiger partial charge in [-0.2, -0.15) is 0 Å². The molecule has 0 saturated carbocycles. The maximum absolute atomic E-state index is 13.5. The average Bonchev–Trinajstić information content (AvgIpc) is 3.17. The van der Waals surface area contributed by atoms with Crippen molar-refractivity contribution in [2.75, 3.05) is 6.54 Å². The molecule has 0 saturated heterocycles.